The topological polar surface area (TPSA) is 148 Å². The van der Waals surface area contributed by atoms with Gasteiger partial charge in [-0.3, -0.25) is 28.7 Å². The molecule has 6 heterocycles. The maximum absolute atomic E-state index is 13.5. The number of methoxy groups -OCH3 is 1. The fraction of sp³-hybridized carbons (Fsp3) is 0.364. The van der Waals surface area contributed by atoms with E-state index < -0.39 is 12.1 Å². The molecule has 8 rings (SSSR count). The summed E-state index contributed by atoms with van der Waals surface area (Å²) in [5.74, 6) is 2.36. The number of ketones is 1. The van der Waals surface area contributed by atoms with Gasteiger partial charge in [-0.25, -0.2) is 0 Å². The van der Waals surface area contributed by atoms with E-state index in [9.17, 15) is 9.59 Å². The first-order valence-electron chi connectivity index (χ1n) is 19.9. The number of Topliss-reactive ketones (excluding diaryl/α,β-unsaturated/α-hetero) is 1. The average Bonchev–Trinajstić information content (AvgIpc) is 3.94. The summed E-state index contributed by atoms with van der Waals surface area (Å²) in [7, 11) is 1.36. The van der Waals surface area contributed by atoms with Gasteiger partial charge in [0.25, 0.3) is 0 Å². The first-order chi connectivity index (χ1) is 29.4. The molecule has 316 valence electrons. The second-order valence-corrected chi connectivity index (χ2v) is 18.1. The Morgan fingerprint density at radius 3 is 1.77 bits per heavy atom. The number of carbonyl (C=O) groups is 2. The summed E-state index contributed by atoms with van der Waals surface area (Å²) in [4.78, 5) is 38.6. The molecular weight excluding hydrogens is 856 g/mol. The van der Waals surface area contributed by atoms with Gasteiger partial charge in [0, 0.05) is 61.5 Å². The predicted octanol–water partition coefficient (Wildman–Crippen LogP) is 9.14. The van der Waals surface area contributed by atoms with E-state index >= 15 is 0 Å². The third-order valence-electron chi connectivity index (χ3n) is 10.9. The Bertz CT molecular complexity index is 2680. The van der Waals surface area contributed by atoms with Crippen LogP contribution in [0.1, 0.15) is 104 Å². The van der Waals surface area contributed by atoms with Crippen LogP contribution in [0.3, 0.4) is 0 Å². The number of hydrogen-bond acceptors (Lipinski definition) is 13. The van der Waals surface area contributed by atoms with Crippen LogP contribution in [0.5, 0.6) is 0 Å². The van der Waals surface area contributed by atoms with Crippen LogP contribution in [0.15, 0.2) is 58.5 Å². The lowest BCUT2D eigenvalue weighted by atomic mass is 9.99. The molecule has 0 aliphatic carbocycles. The van der Waals surface area contributed by atoms with Crippen LogP contribution in [0.25, 0.3) is 10.0 Å². The van der Waals surface area contributed by atoms with Gasteiger partial charge in [-0.1, -0.05) is 47.5 Å². The normalized spacial score (nSPS) is 15.5. The van der Waals surface area contributed by atoms with Crippen LogP contribution in [-0.2, 0) is 30.4 Å². The Balaban J connectivity index is 0.894. The molecule has 0 bridgehead atoms. The highest BCUT2D eigenvalue weighted by molar-refractivity contribution is 7.15. The molecule has 0 fully saturated rings. The van der Waals surface area contributed by atoms with Crippen LogP contribution >= 0.6 is 45.9 Å². The first kappa shape index (κ1) is 42.8. The maximum atomic E-state index is 13.5. The lowest BCUT2D eigenvalue weighted by Crippen LogP contribution is -2.12. The molecule has 17 heteroatoms. The molecule has 0 spiro atoms. The number of rotatable bonds is 15. The molecule has 13 nitrogen and oxygen atoms in total. The zero-order chi connectivity index (χ0) is 42.9. The van der Waals surface area contributed by atoms with Gasteiger partial charge in [0.2, 0.25) is 0 Å². The van der Waals surface area contributed by atoms with E-state index in [-0.39, 0.29) is 24.6 Å². The zero-order valence-electron chi connectivity index (χ0n) is 34.6. The third kappa shape index (κ3) is 8.64. The van der Waals surface area contributed by atoms with Crippen LogP contribution in [0.4, 0.5) is 0 Å². The number of ether oxygens (including phenoxy) is 3. The molecule has 0 radical (unpaired) electrons. The van der Waals surface area contributed by atoms with Crippen LogP contribution in [-0.4, -0.2) is 79.6 Å². The number of aliphatic imine (C=N–C) groups is 2. The molecule has 2 aliphatic rings. The van der Waals surface area contributed by atoms with Gasteiger partial charge in [-0.15, -0.1) is 43.1 Å². The number of aromatic nitrogens is 6. The molecule has 0 unspecified atom stereocenters. The smallest absolute Gasteiger partial charge is 0.308 e. The number of aryl methyl sites for hydroxylation is 3. The number of fused-ring (bicyclic) bond motifs is 6. The Hall–Kier alpha value is -4.90. The molecule has 2 atom stereocenters. The molecule has 0 N–H and O–H groups in total. The number of benzene rings is 2. The largest absolute Gasteiger partial charge is 0.469 e. The minimum Gasteiger partial charge on any atom is -0.469 e. The summed E-state index contributed by atoms with van der Waals surface area (Å²) in [6, 6.07) is 14.1. The van der Waals surface area contributed by atoms with Gasteiger partial charge in [0.15, 0.2) is 11.6 Å². The summed E-state index contributed by atoms with van der Waals surface area (Å²) >= 11 is 15.8. The number of carbonyl (C=O) groups excluding carboxylic acids is 2. The zero-order valence-corrected chi connectivity index (χ0v) is 37.8. The van der Waals surface area contributed by atoms with Crippen LogP contribution in [0.2, 0.25) is 10.0 Å². The summed E-state index contributed by atoms with van der Waals surface area (Å²) < 4.78 is 21.1. The van der Waals surface area contributed by atoms with Crippen molar-refractivity contribution in [1.82, 2.24) is 29.5 Å². The molecule has 4 aromatic heterocycles. The fourth-order valence-corrected chi connectivity index (χ4v) is 10.4. The number of thiophene rings is 2. The summed E-state index contributed by atoms with van der Waals surface area (Å²) in [5, 5.41) is 20.9. The van der Waals surface area contributed by atoms with Crippen LogP contribution in [0, 0.1) is 34.6 Å². The molecule has 2 aliphatic heterocycles. The lowest BCUT2D eigenvalue weighted by molar-refractivity contribution is -0.141. The standard InChI is InChI=1S/C44H44Cl2N8O5S2/c1-23-25(3)60-43-37(23)39(28-9-13-30(45)14-10-28)47-33(41-51-49-26(4)53(41)43)20-32(55)8-7-17-58-18-19-59-22-35-24(2)38-40(29-11-15-31(46)16-12-29)48-34(21-36(56)57-6)42-52-50-27(5)54(42)44(38)61-35/h9-16,33-34H,7-8,17-22H2,1-6H3/t33-,34-/m0/s1. The van der Waals surface area contributed by atoms with E-state index in [0.717, 1.165) is 65.5 Å². The number of hydrogen-bond donors (Lipinski definition) is 0. The Morgan fingerprint density at radius 2 is 1.20 bits per heavy atom. The summed E-state index contributed by atoms with van der Waals surface area (Å²) in [6.07, 6.45) is 1.13. The van der Waals surface area contributed by atoms with E-state index in [1.807, 2.05) is 66.9 Å². The van der Waals surface area contributed by atoms with E-state index in [2.05, 4.69) is 45.7 Å². The van der Waals surface area contributed by atoms with Gasteiger partial charge >= 0.3 is 5.97 Å². The number of nitrogens with zero attached hydrogens (tertiary/aromatic N) is 8. The SMILES string of the molecule is COC(=O)C[C@@H]1N=C(c2ccc(Cl)cc2)c2c(sc(COCCOCCCC(=O)C[C@@H]3N=C(c4ccc(Cl)cc4)c4c(sc(C)c4C)-n4c(C)nnc43)c2C)-n2c(C)nnc21. The van der Waals surface area contributed by atoms with E-state index in [1.54, 1.807) is 22.7 Å². The van der Waals surface area contributed by atoms with Crippen molar-refractivity contribution >= 4 is 69.1 Å². The highest BCUT2D eigenvalue weighted by Gasteiger charge is 2.34. The van der Waals surface area contributed by atoms with Gasteiger partial charge in [-0.05, 0) is 76.4 Å². The molecule has 61 heavy (non-hydrogen) atoms. The lowest BCUT2D eigenvalue weighted by Gasteiger charge is -2.12. The van der Waals surface area contributed by atoms with Crippen molar-refractivity contribution in [3.05, 3.63) is 125 Å². The molecule has 0 amide bonds. The first-order valence-corrected chi connectivity index (χ1v) is 22.3. The third-order valence-corrected chi connectivity index (χ3v) is 13.9. The second kappa shape index (κ2) is 18.2. The highest BCUT2D eigenvalue weighted by Crippen LogP contribution is 2.42. The monoisotopic (exact) mass is 898 g/mol. The molecule has 0 saturated heterocycles. The van der Waals surface area contributed by atoms with Crippen molar-refractivity contribution in [2.75, 3.05) is 26.9 Å². The van der Waals surface area contributed by atoms with Gasteiger partial charge in [0.05, 0.1) is 44.8 Å². The Morgan fingerprint density at radius 1 is 0.672 bits per heavy atom. The summed E-state index contributed by atoms with van der Waals surface area (Å²) in [6.45, 7) is 11.6. The van der Waals surface area contributed by atoms with Crippen LogP contribution < -0.4 is 0 Å². The molecule has 2 aromatic carbocycles. The summed E-state index contributed by atoms with van der Waals surface area (Å²) in [5.41, 5.74) is 7.47. The van der Waals surface area contributed by atoms with E-state index in [4.69, 9.17) is 47.4 Å². The van der Waals surface area contributed by atoms with Gasteiger partial charge in [-0.2, -0.15) is 0 Å². The second-order valence-electron chi connectivity index (χ2n) is 15.0. The quantitative estimate of drug-likeness (QED) is 0.0727. The molecular formula is C44H44Cl2N8O5S2. The maximum Gasteiger partial charge on any atom is 0.308 e. The van der Waals surface area contributed by atoms with Crippen molar-refractivity contribution in [1.29, 1.82) is 0 Å². The van der Waals surface area contributed by atoms with Crippen molar-refractivity contribution in [3.63, 3.8) is 0 Å². The fourth-order valence-electron chi connectivity index (χ4n) is 7.65. The Labute approximate surface area is 371 Å². The number of esters is 1. The van der Waals surface area contributed by atoms with Gasteiger partial charge < -0.3 is 14.2 Å². The van der Waals surface area contributed by atoms with E-state index in [1.165, 1.54) is 12.0 Å². The molecule has 6 aromatic rings. The Kier molecular flexibility index (Phi) is 12.8. The minimum atomic E-state index is -0.599. The van der Waals surface area contributed by atoms with E-state index in [0.29, 0.717) is 66.8 Å². The van der Waals surface area contributed by atoms with Crippen molar-refractivity contribution in [2.24, 2.45) is 9.98 Å². The predicted molar refractivity (Wildman–Crippen MR) is 238 cm³/mol. The highest BCUT2D eigenvalue weighted by atomic mass is 35.5. The number of halogens is 2. The molecule has 0 saturated carbocycles. The minimum absolute atomic E-state index is 0.0184. The average molecular weight is 900 g/mol. The van der Waals surface area contributed by atoms with Crippen molar-refractivity contribution < 1.29 is 23.8 Å². The van der Waals surface area contributed by atoms with Crippen molar-refractivity contribution in [2.45, 2.75) is 79.0 Å². The van der Waals surface area contributed by atoms with Gasteiger partial charge in [0.1, 0.15) is 39.5 Å². The van der Waals surface area contributed by atoms with Crippen molar-refractivity contribution in [3.8, 4) is 10.0 Å².